The van der Waals surface area contributed by atoms with Gasteiger partial charge >= 0.3 is 0 Å². The third-order valence-electron chi connectivity index (χ3n) is 5.52. The number of nitrogens with one attached hydrogen (secondary N) is 2. The Balaban J connectivity index is 2.03. The molecule has 2 N–H and O–H groups in total. The summed E-state index contributed by atoms with van der Waals surface area (Å²) in [5, 5.41) is 5.93. The molecule has 1 aromatic rings. The molecule has 0 spiro atoms. The molecule has 26 heavy (non-hydrogen) atoms. The summed E-state index contributed by atoms with van der Waals surface area (Å²) in [6, 6.07) is 6.72. The standard InChI is InChI=1S/C21H32N2O3/c1-5-15(3)19(23-20(24)16-11-9-14(2)10-12-16)21(25)22-17-7-6-8-18(13-17)26-4/h6-8,13-16,19H,5,9-12H2,1-4H3,(H,22,25)(H,23,24)/t14?,15-,16?,19-/m0/s1. The highest BCUT2D eigenvalue weighted by Crippen LogP contribution is 2.28. The quantitative estimate of drug-likeness (QED) is 0.772. The topological polar surface area (TPSA) is 67.4 Å². The van der Waals surface area contributed by atoms with Gasteiger partial charge in [0.1, 0.15) is 11.8 Å². The summed E-state index contributed by atoms with van der Waals surface area (Å²) in [4.78, 5) is 25.5. The van der Waals surface area contributed by atoms with Crippen molar-refractivity contribution in [3.8, 4) is 5.75 Å². The van der Waals surface area contributed by atoms with Crippen LogP contribution in [-0.4, -0.2) is 25.0 Å². The second-order valence-electron chi connectivity index (χ2n) is 7.55. The molecule has 1 aromatic carbocycles. The van der Waals surface area contributed by atoms with Crippen LogP contribution in [0.3, 0.4) is 0 Å². The maximum Gasteiger partial charge on any atom is 0.247 e. The molecule has 2 amide bonds. The van der Waals surface area contributed by atoms with Gasteiger partial charge < -0.3 is 15.4 Å². The lowest BCUT2D eigenvalue weighted by molar-refractivity contribution is -0.131. The number of hydrogen-bond donors (Lipinski definition) is 2. The maximum atomic E-state index is 12.8. The molecule has 0 heterocycles. The van der Waals surface area contributed by atoms with Crippen molar-refractivity contribution < 1.29 is 14.3 Å². The first kappa shape index (κ1) is 20.3. The van der Waals surface area contributed by atoms with Crippen LogP contribution in [0.2, 0.25) is 0 Å². The van der Waals surface area contributed by atoms with Crippen molar-refractivity contribution in [1.82, 2.24) is 5.32 Å². The van der Waals surface area contributed by atoms with E-state index in [0.29, 0.717) is 17.4 Å². The summed E-state index contributed by atoms with van der Waals surface area (Å²) in [7, 11) is 1.59. The van der Waals surface area contributed by atoms with Crippen molar-refractivity contribution in [3.63, 3.8) is 0 Å². The van der Waals surface area contributed by atoms with Crippen LogP contribution in [0, 0.1) is 17.8 Å². The van der Waals surface area contributed by atoms with Crippen molar-refractivity contribution in [2.24, 2.45) is 17.8 Å². The van der Waals surface area contributed by atoms with Crippen molar-refractivity contribution >= 4 is 17.5 Å². The highest BCUT2D eigenvalue weighted by atomic mass is 16.5. The molecule has 0 unspecified atom stereocenters. The van der Waals surface area contributed by atoms with E-state index >= 15 is 0 Å². The fourth-order valence-electron chi connectivity index (χ4n) is 3.42. The summed E-state index contributed by atoms with van der Waals surface area (Å²) < 4.78 is 5.20. The van der Waals surface area contributed by atoms with Crippen molar-refractivity contribution in [2.75, 3.05) is 12.4 Å². The van der Waals surface area contributed by atoms with Gasteiger partial charge in [-0.15, -0.1) is 0 Å². The summed E-state index contributed by atoms with van der Waals surface area (Å²) in [6.45, 7) is 6.27. The molecule has 5 heteroatoms. The summed E-state index contributed by atoms with van der Waals surface area (Å²) in [6.07, 6.45) is 4.82. The predicted molar refractivity (Wildman–Crippen MR) is 104 cm³/mol. The first-order valence-corrected chi connectivity index (χ1v) is 9.69. The van der Waals surface area contributed by atoms with E-state index in [1.807, 2.05) is 32.0 Å². The van der Waals surface area contributed by atoms with Gasteiger partial charge in [-0.1, -0.05) is 33.3 Å². The average Bonchev–Trinajstić information content (AvgIpc) is 2.65. The highest BCUT2D eigenvalue weighted by molar-refractivity contribution is 5.97. The molecule has 0 saturated heterocycles. The Morgan fingerprint density at radius 2 is 1.92 bits per heavy atom. The minimum absolute atomic E-state index is 0.0167. The SMILES string of the molecule is CC[C@H](C)[C@H](NC(=O)C1CCC(C)CC1)C(=O)Nc1cccc(OC)c1. The van der Waals surface area contributed by atoms with Crippen molar-refractivity contribution in [2.45, 2.75) is 58.9 Å². The van der Waals surface area contributed by atoms with Gasteiger partial charge in [0.15, 0.2) is 0 Å². The smallest absolute Gasteiger partial charge is 0.247 e. The Morgan fingerprint density at radius 1 is 1.23 bits per heavy atom. The first-order valence-electron chi connectivity index (χ1n) is 9.69. The van der Waals surface area contributed by atoms with Crippen LogP contribution in [0.4, 0.5) is 5.69 Å². The number of carbonyl (C=O) groups excluding carboxylic acids is 2. The number of benzene rings is 1. The lowest BCUT2D eigenvalue weighted by atomic mass is 9.82. The molecule has 5 nitrogen and oxygen atoms in total. The fraction of sp³-hybridized carbons (Fsp3) is 0.619. The second-order valence-corrected chi connectivity index (χ2v) is 7.55. The van der Waals surface area contributed by atoms with E-state index in [4.69, 9.17) is 4.74 Å². The van der Waals surface area contributed by atoms with Crippen LogP contribution in [0.25, 0.3) is 0 Å². The average molecular weight is 360 g/mol. The zero-order chi connectivity index (χ0) is 19.1. The zero-order valence-electron chi connectivity index (χ0n) is 16.4. The number of ether oxygens (including phenoxy) is 1. The Hall–Kier alpha value is -2.04. The molecular formula is C21H32N2O3. The van der Waals surface area contributed by atoms with Crippen molar-refractivity contribution in [3.05, 3.63) is 24.3 Å². The number of carbonyl (C=O) groups is 2. The van der Waals surface area contributed by atoms with E-state index < -0.39 is 6.04 Å². The molecule has 2 rings (SSSR count). The van der Waals surface area contributed by atoms with Crippen LogP contribution in [0.1, 0.15) is 52.9 Å². The van der Waals surface area contributed by atoms with E-state index in [-0.39, 0.29) is 23.7 Å². The number of rotatable bonds is 7. The second kappa shape index (κ2) is 9.60. The van der Waals surface area contributed by atoms with E-state index in [9.17, 15) is 9.59 Å². The van der Waals surface area contributed by atoms with Crippen LogP contribution < -0.4 is 15.4 Å². The number of amides is 2. The minimum Gasteiger partial charge on any atom is -0.497 e. The third kappa shape index (κ3) is 5.48. The number of hydrogen-bond acceptors (Lipinski definition) is 3. The number of methoxy groups -OCH3 is 1. The van der Waals surface area contributed by atoms with Gasteiger partial charge in [0, 0.05) is 17.7 Å². The normalized spacial score (nSPS) is 22.2. The van der Waals surface area contributed by atoms with Gasteiger partial charge in [-0.25, -0.2) is 0 Å². The molecule has 0 radical (unpaired) electrons. The molecule has 0 bridgehead atoms. The first-order chi connectivity index (χ1) is 12.4. The molecule has 0 aliphatic heterocycles. The summed E-state index contributed by atoms with van der Waals surface area (Å²) >= 11 is 0. The van der Waals surface area contributed by atoms with Gasteiger partial charge in [-0.05, 0) is 49.7 Å². The Labute approximate surface area is 156 Å². The maximum absolute atomic E-state index is 12.8. The molecular weight excluding hydrogens is 328 g/mol. The molecule has 1 saturated carbocycles. The number of anilines is 1. The van der Waals surface area contributed by atoms with E-state index in [1.54, 1.807) is 13.2 Å². The van der Waals surface area contributed by atoms with E-state index in [0.717, 1.165) is 32.1 Å². The van der Waals surface area contributed by atoms with Crippen LogP contribution >= 0.6 is 0 Å². The van der Waals surface area contributed by atoms with Crippen LogP contribution in [-0.2, 0) is 9.59 Å². The Morgan fingerprint density at radius 3 is 2.54 bits per heavy atom. The Bertz CT molecular complexity index is 609. The summed E-state index contributed by atoms with van der Waals surface area (Å²) in [5.41, 5.74) is 0.670. The summed E-state index contributed by atoms with van der Waals surface area (Å²) in [5.74, 6) is 1.31. The lowest BCUT2D eigenvalue weighted by Gasteiger charge is -2.29. The highest BCUT2D eigenvalue weighted by Gasteiger charge is 2.30. The van der Waals surface area contributed by atoms with E-state index in [1.165, 1.54) is 0 Å². The van der Waals surface area contributed by atoms with Gasteiger partial charge in [0.05, 0.1) is 7.11 Å². The monoisotopic (exact) mass is 360 g/mol. The molecule has 1 aliphatic carbocycles. The van der Waals surface area contributed by atoms with Gasteiger partial charge in [-0.3, -0.25) is 9.59 Å². The van der Waals surface area contributed by atoms with E-state index in [2.05, 4.69) is 17.6 Å². The Kier molecular flexibility index (Phi) is 7.49. The van der Waals surface area contributed by atoms with Crippen molar-refractivity contribution in [1.29, 1.82) is 0 Å². The van der Waals surface area contributed by atoms with Gasteiger partial charge in [-0.2, -0.15) is 0 Å². The molecule has 0 aromatic heterocycles. The predicted octanol–water partition coefficient (Wildman–Crippen LogP) is 3.99. The van der Waals surface area contributed by atoms with Gasteiger partial charge in [0.2, 0.25) is 11.8 Å². The molecule has 144 valence electrons. The third-order valence-corrected chi connectivity index (χ3v) is 5.52. The lowest BCUT2D eigenvalue weighted by Crippen LogP contribution is -2.49. The van der Waals surface area contributed by atoms with Gasteiger partial charge in [0.25, 0.3) is 0 Å². The fourth-order valence-corrected chi connectivity index (χ4v) is 3.42. The van der Waals surface area contributed by atoms with Crippen LogP contribution in [0.15, 0.2) is 24.3 Å². The van der Waals surface area contributed by atoms with Crippen LogP contribution in [0.5, 0.6) is 5.75 Å². The molecule has 1 aliphatic rings. The molecule has 1 fully saturated rings. The largest absolute Gasteiger partial charge is 0.497 e. The molecule has 2 atom stereocenters. The minimum atomic E-state index is -0.530. The zero-order valence-corrected chi connectivity index (χ0v) is 16.4.